The quantitative estimate of drug-likeness (QED) is 0.288. The van der Waals surface area contributed by atoms with Crippen molar-refractivity contribution in [1.29, 1.82) is 0 Å². The van der Waals surface area contributed by atoms with Crippen molar-refractivity contribution in [3.05, 3.63) is 35.9 Å². The largest absolute Gasteiger partial charge is 0.126 e. The molecule has 0 aliphatic carbocycles. The van der Waals surface area contributed by atoms with Crippen LogP contribution in [-0.4, -0.2) is 11.8 Å². The molecule has 0 fully saturated rings. The van der Waals surface area contributed by atoms with Gasteiger partial charge in [-0.15, -0.1) is 23.2 Å². The highest BCUT2D eigenvalue weighted by atomic mass is 35.5. The van der Waals surface area contributed by atoms with Gasteiger partial charge in [-0.3, -0.25) is 0 Å². The molecule has 0 atom stereocenters. The van der Waals surface area contributed by atoms with Crippen molar-refractivity contribution in [2.75, 3.05) is 11.8 Å². The summed E-state index contributed by atoms with van der Waals surface area (Å²) in [6, 6.07) is 10.5. The summed E-state index contributed by atoms with van der Waals surface area (Å²) >= 11 is 12.5. The second-order valence-corrected chi connectivity index (χ2v) is 6.67. The number of rotatable bonds is 12. The first-order valence-electron chi connectivity index (χ1n) is 8.46. The summed E-state index contributed by atoms with van der Waals surface area (Å²) in [6.07, 6.45) is 11.8. The van der Waals surface area contributed by atoms with Crippen molar-refractivity contribution >= 4 is 23.2 Å². The topological polar surface area (TPSA) is 0 Å². The molecule has 0 N–H and O–H groups in total. The Kier molecular flexibility index (Phi) is 10.2. The third kappa shape index (κ3) is 6.61. The Morgan fingerprint density at radius 2 is 1.29 bits per heavy atom. The molecular formula is C19H30Cl2. The van der Waals surface area contributed by atoms with E-state index in [2.05, 4.69) is 31.2 Å². The minimum absolute atomic E-state index is 0.0490. The number of unbranched alkanes of at least 4 members (excludes halogenated alkanes) is 7. The highest BCUT2D eigenvalue weighted by Crippen LogP contribution is 2.33. The predicted octanol–water partition coefficient (Wildman–Crippen LogP) is 6.93. The summed E-state index contributed by atoms with van der Waals surface area (Å²) in [4.78, 5) is 0. The summed E-state index contributed by atoms with van der Waals surface area (Å²) in [5, 5.41) is 0. The van der Waals surface area contributed by atoms with Crippen molar-refractivity contribution in [2.45, 2.75) is 70.1 Å². The van der Waals surface area contributed by atoms with E-state index in [1.807, 2.05) is 6.07 Å². The van der Waals surface area contributed by atoms with Crippen LogP contribution in [0.1, 0.15) is 70.3 Å². The third-order valence-electron chi connectivity index (χ3n) is 4.41. The van der Waals surface area contributed by atoms with Gasteiger partial charge in [0, 0.05) is 17.2 Å². The Labute approximate surface area is 141 Å². The highest BCUT2D eigenvalue weighted by Gasteiger charge is 2.29. The Balaban J connectivity index is 2.32. The number of benzene rings is 1. The van der Waals surface area contributed by atoms with Gasteiger partial charge in [0.15, 0.2) is 0 Å². The lowest BCUT2D eigenvalue weighted by molar-refractivity contribution is 0.451. The zero-order valence-electron chi connectivity index (χ0n) is 13.4. The second kappa shape index (κ2) is 11.4. The molecule has 0 bridgehead atoms. The van der Waals surface area contributed by atoms with E-state index in [-0.39, 0.29) is 5.41 Å². The van der Waals surface area contributed by atoms with Crippen LogP contribution in [-0.2, 0) is 5.41 Å². The first kappa shape index (κ1) is 18.8. The molecule has 0 amide bonds. The first-order valence-corrected chi connectivity index (χ1v) is 9.53. The SMILES string of the molecule is CCCCCCCCCCC(CCl)(CCl)c1ccccc1. The van der Waals surface area contributed by atoms with Gasteiger partial charge in [0.25, 0.3) is 0 Å². The van der Waals surface area contributed by atoms with Crippen LogP contribution in [0.15, 0.2) is 30.3 Å². The minimum atomic E-state index is -0.0490. The molecule has 120 valence electrons. The van der Waals surface area contributed by atoms with Crippen molar-refractivity contribution in [3.8, 4) is 0 Å². The molecule has 0 radical (unpaired) electrons. The molecule has 0 saturated heterocycles. The van der Waals surface area contributed by atoms with Crippen LogP contribution in [0.5, 0.6) is 0 Å². The fourth-order valence-corrected chi connectivity index (χ4v) is 3.72. The zero-order chi connectivity index (χ0) is 15.4. The number of hydrogen-bond acceptors (Lipinski definition) is 0. The van der Waals surface area contributed by atoms with E-state index in [0.29, 0.717) is 11.8 Å². The molecule has 0 aromatic heterocycles. The van der Waals surface area contributed by atoms with Gasteiger partial charge >= 0.3 is 0 Å². The first-order chi connectivity index (χ1) is 10.3. The summed E-state index contributed by atoms with van der Waals surface area (Å²) < 4.78 is 0. The molecule has 0 heterocycles. The number of alkyl halides is 2. The van der Waals surface area contributed by atoms with Crippen molar-refractivity contribution < 1.29 is 0 Å². The average Bonchev–Trinajstić information content (AvgIpc) is 2.55. The van der Waals surface area contributed by atoms with Gasteiger partial charge in [0.05, 0.1) is 0 Å². The molecule has 0 saturated carbocycles. The van der Waals surface area contributed by atoms with Gasteiger partial charge in [-0.2, -0.15) is 0 Å². The Morgan fingerprint density at radius 3 is 1.81 bits per heavy atom. The molecule has 2 heteroatoms. The van der Waals surface area contributed by atoms with Crippen LogP contribution < -0.4 is 0 Å². The van der Waals surface area contributed by atoms with Crippen LogP contribution in [0.3, 0.4) is 0 Å². The maximum absolute atomic E-state index is 6.27. The van der Waals surface area contributed by atoms with Crippen LogP contribution in [0.25, 0.3) is 0 Å². The third-order valence-corrected chi connectivity index (χ3v) is 5.43. The molecule has 0 unspecified atom stereocenters. The molecule has 21 heavy (non-hydrogen) atoms. The fourth-order valence-electron chi connectivity index (χ4n) is 2.86. The number of halogens is 2. The van der Waals surface area contributed by atoms with Gasteiger partial charge in [-0.1, -0.05) is 88.6 Å². The predicted molar refractivity (Wildman–Crippen MR) is 96.8 cm³/mol. The molecule has 0 aliphatic heterocycles. The molecule has 0 nitrogen and oxygen atoms in total. The average molecular weight is 329 g/mol. The van der Waals surface area contributed by atoms with Crippen LogP contribution in [0.4, 0.5) is 0 Å². The van der Waals surface area contributed by atoms with E-state index < -0.39 is 0 Å². The summed E-state index contributed by atoms with van der Waals surface area (Å²) in [6.45, 7) is 2.27. The van der Waals surface area contributed by atoms with E-state index in [1.54, 1.807) is 0 Å². The van der Waals surface area contributed by atoms with Gasteiger partial charge < -0.3 is 0 Å². The highest BCUT2D eigenvalue weighted by molar-refractivity contribution is 6.22. The second-order valence-electron chi connectivity index (χ2n) is 6.14. The minimum Gasteiger partial charge on any atom is -0.126 e. The van der Waals surface area contributed by atoms with Gasteiger partial charge in [-0.05, 0) is 12.0 Å². The van der Waals surface area contributed by atoms with Gasteiger partial charge in [-0.25, -0.2) is 0 Å². The van der Waals surface area contributed by atoms with Crippen molar-refractivity contribution in [3.63, 3.8) is 0 Å². The van der Waals surface area contributed by atoms with Crippen molar-refractivity contribution in [2.24, 2.45) is 0 Å². The molecule has 0 spiro atoms. The maximum atomic E-state index is 6.27. The Morgan fingerprint density at radius 1 is 0.762 bits per heavy atom. The van der Waals surface area contributed by atoms with Gasteiger partial charge in [0.2, 0.25) is 0 Å². The summed E-state index contributed by atoms with van der Waals surface area (Å²) in [7, 11) is 0. The monoisotopic (exact) mass is 328 g/mol. The standard InChI is InChI=1S/C19H30Cl2/c1-2-3-4-5-6-7-8-12-15-19(16-20,17-21)18-13-10-9-11-14-18/h9-11,13-14H,2-8,12,15-17H2,1H3. The lowest BCUT2D eigenvalue weighted by Gasteiger charge is -2.30. The van der Waals surface area contributed by atoms with Crippen LogP contribution in [0.2, 0.25) is 0 Å². The Hall–Kier alpha value is -0.200. The van der Waals surface area contributed by atoms with Crippen LogP contribution >= 0.6 is 23.2 Å². The zero-order valence-corrected chi connectivity index (χ0v) is 14.9. The maximum Gasteiger partial charge on any atom is 0.0332 e. The molecule has 1 aromatic rings. The van der Waals surface area contributed by atoms with E-state index in [0.717, 1.165) is 6.42 Å². The molecular weight excluding hydrogens is 299 g/mol. The Bertz CT molecular complexity index is 344. The molecule has 1 rings (SSSR count). The van der Waals surface area contributed by atoms with E-state index >= 15 is 0 Å². The van der Waals surface area contributed by atoms with Gasteiger partial charge in [0.1, 0.15) is 0 Å². The van der Waals surface area contributed by atoms with Crippen LogP contribution in [0, 0.1) is 0 Å². The van der Waals surface area contributed by atoms with E-state index in [4.69, 9.17) is 23.2 Å². The summed E-state index contributed by atoms with van der Waals surface area (Å²) in [5.74, 6) is 1.22. The van der Waals surface area contributed by atoms with E-state index in [9.17, 15) is 0 Å². The number of hydrogen-bond donors (Lipinski definition) is 0. The van der Waals surface area contributed by atoms with E-state index in [1.165, 1.54) is 56.9 Å². The molecule has 1 aromatic carbocycles. The molecule has 0 aliphatic rings. The smallest absolute Gasteiger partial charge is 0.0332 e. The fraction of sp³-hybridized carbons (Fsp3) is 0.684. The normalized spacial score (nSPS) is 11.8. The lowest BCUT2D eigenvalue weighted by atomic mass is 9.79. The summed E-state index contributed by atoms with van der Waals surface area (Å²) in [5.41, 5.74) is 1.24. The van der Waals surface area contributed by atoms with Crippen molar-refractivity contribution in [1.82, 2.24) is 0 Å². The lowest BCUT2D eigenvalue weighted by Crippen LogP contribution is -2.30.